The van der Waals surface area contributed by atoms with Gasteiger partial charge in [0.1, 0.15) is 11.1 Å². The van der Waals surface area contributed by atoms with Crippen LogP contribution in [-0.2, 0) is 4.79 Å². The third kappa shape index (κ3) is 3.05. The number of nitrogens with two attached hydrogens (primary N) is 1. The predicted octanol–water partition coefficient (Wildman–Crippen LogP) is 2.16. The van der Waals surface area contributed by atoms with Gasteiger partial charge >= 0.3 is 0 Å². The van der Waals surface area contributed by atoms with Crippen LogP contribution in [0.15, 0.2) is 0 Å². The van der Waals surface area contributed by atoms with E-state index in [0.717, 1.165) is 10.4 Å². The van der Waals surface area contributed by atoms with Crippen molar-refractivity contribution in [3.63, 3.8) is 0 Å². The largest absolute Gasteiger partial charge is 0.330 e. The molecule has 0 saturated heterocycles. The molecule has 92 valence electrons. The summed E-state index contributed by atoms with van der Waals surface area (Å²) in [5, 5.41) is 12.5. The molecule has 0 aliphatic heterocycles. The van der Waals surface area contributed by atoms with Gasteiger partial charge in [-0.05, 0) is 32.4 Å². The fraction of sp³-hybridized carbons (Fsp3) is 0.500. The highest BCUT2D eigenvalue weighted by Crippen LogP contribution is 2.31. The summed E-state index contributed by atoms with van der Waals surface area (Å²) in [5.41, 5.74) is 6.93. The molecule has 1 amide bonds. The van der Waals surface area contributed by atoms with Gasteiger partial charge in [0, 0.05) is 10.8 Å². The van der Waals surface area contributed by atoms with E-state index < -0.39 is 0 Å². The van der Waals surface area contributed by atoms with Gasteiger partial charge in [0.2, 0.25) is 5.91 Å². The first-order chi connectivity index (χ1) is 8.01. The molecule has 1 aromatic rings. The number of aryl methyl sites for hydroxylation is 1. The van der Waals surface area contributed by atoms with Gasteiger partial charge < -0.3 is 11.1 Å². The first kappa shape index (κ1) is 13.7. The molecule has 1 rings (SSSR count). The zero-order valence-corrected chi connectivity index (χ0v) is 11.1. The molecule has 4 nitrogen and oxygen atoms in total. The Morgan fingerprint density at radius 1 is 1.59 bits per heavy atom. The predicted molar refractivity (Wildman–Crippen MR) is 70.0 cm³/mol. The first-order valence-electron chi connectivity index (χ1n) is 5.52. The lowest BCUT2D eigenvalue weighted by Gasteiger charge is -2.09. The number of carbonyl (C=O) groups excluding carboxylic acids is 1. The van der Waals surface area contributed by atoms with Crippen molar-refractivity contribution in [2.75, 3.05) is 11.9 Å². The molecule has 0 aliphatic rings. The van der Waals surface area contributed by atoms with Gasteiger partial charge in [-0.3, -0.25) is 4.79 Å². The van der Waals surface area contributed by atoms with E-state index in [4.69, 9.17) is 11.0 Å². The highest BCUT2D eigenvalue weighted by Gasteiger charge is 2.17. The minimum Gasteiger partial charge on any atom is -0.330 e. The smallest absolute Gasteiger partial charge is 0.227 e. The van der Waals surface area contributed by atoms with Crippen LogP contribution in [-0.4, -0.2) is 12.5 Å². The molecule has 17 heavy (non-hydrogen) atoms. The highest BCUT2D eigenvalue weighted by molar-refractivity contribution is 7.16. The average molecular weight is 251 g/mol. The van der Waals surface area contributed by atoms with Crippen molar-refractivity contribution in [2.24, 2.45) is 11.7 Å². The summed E-state index contributed by atoms with van der Waals surface area (Å²) in [6, 6.07) is 2.13. The van der Waals surface area contributed by atoms with Gasteiger partial charge in [-0.15, -0.1) is 11.3 Å². The fourth-order valence-corrected chi connectivity index (χ4v) is 2.48. The molecular formula is C12H17N3OS. The van der Waals surface area contributed by atoms with Crippen molar-refractivity contribution >= 4 is 22.2 Å². The summed E-state index contributed by atoms with van der Waals surface area (Å²) >= 11 is 1.44. The molecule has 3 N–H and O–H groups in total. The summed E-state index contributed by atoms with van der Waals surface area (Å²) in [6.07, 6.45) is 0.650. The van der Waals surface area contributed by atoms with Gasteiger partial charge in [0.15, 0.2) is 0 Å². The fourth-order valence-electron chi connectivity index (χ4n) is 1.47. The minimum atomic E-state index is -0.130. The van der Waals surface area contributed by atoms with E-state index in [1.807, 2.05) is 20.8 Å². The number of hydrogen-bond acceptors (Lipinski definition) is 4. The number of nitrogens with zero attached hydrogens (tertiary/aromatic N) is 1. The summed E-state index contributed by atoms with van der Waals surface area (Å²) in [7, 11) is 0. The van der Waals surface area contributed by atoms with Gasteiger partial charge in [0.05, 0.1) is 5.56 Å². The third-order valence-electron chi connectivity index (χ3n) is 2.78. The maximum absolute atomic E-state index is 11.8. The lowest BCUT2D eigenvalue weighted by atomic mass is 10.1. The second kappa shape index (κ2) is 5.80. The first-order valence-corrected chi connectivity index (χ1v) is 6.33. The molecule has 0 radical (unpaired) electrons. The zero-order valence-electron chi connectivity index (χ0n) is 10.3. The minimum absolute atomic E-state index is 0.0757. The Bertz CT molecular complexity index is 459. The number of amides is 1. The van der Waals surface area contributed by atoms with E-state index in [1.54, 1.807) is 0 Å². The molecular weight excluding hydrogens is 234 g/mol. The molecule has 1 unspecified atom stereocenters. The number of anilines is 1. The van der Waals surface area contributed by atoms with Crippen molar-refractivity contribution in [2.45, 2.75) is 27.2 Å². The molecule has 0 spiro atoms. The maximum atomic E-state index is 11.8. The van der Waals surface area contributed by atoms with Gasteiger partial charge in [-0.25, -0.2) is 0 Å². The summed E-state index contributed by atoms with van der Waals surface area (Å²) in [5.74, 6) is -0.206. The standard InChI is InChI=1S/C12H17N3OS/c1-7(4-5-13)11(16)15-12-10(6-14)8(2)9(3)17-12/h7H,4-5,13H2,1-3H3,(H,15,16). The number of hydrogen-bond donors (Lipinski definition) is 2. The van der Waals surface area contributed by atoms with Crippen molar-refractivity contribution < 1.29 is 4.79 Å². The lowest BCUT2D eigenvalue weighted by Crippen LogP contribution is -2.22. The zero-order chi connectivity index (χ0) is 13.0. The van der Waals surface area contributed by atoms with Crippen LogP contribution in [0.4, 0.5) is 5.00 Å². The molecule has 0 aliphatic carbocycles. The van der Waals surface area contributed by atoms with Crippen LogP contribution in [0.1, 0.15) is 29.3 Å². The quantitative estimate of drug-likeness (QED) is 0.860. The number of rotatable bonds is 4. The van der Waals surface area contributed by atoms with Crippen molar-refractivity contribution in [1.29, 1.82) is 5.26 Å². The molecule has 1 aromatic heterocycles. The summed E-state index contributed by atoms with van der Waals surface area (Å²) in [4.78, 5) is 12.9. The van der Waals surface area contributed by atoms with Crippen molar-refractivity contribution in [3.05, 3.63) is 16.0 Å². The normalized spacial score (nSPS) is 11.9. The second-order valence-corrected chi connectivity index (χ2v) is 5.29. The molecule has 1 heterocycles. The molecule has 5 heteroatoms. The maximum Gasteiger partial charge on any atom is 0.227 e. The van der Waals surface area contributed by atoms with Crippen LogP contribution in [0.3, 0.4) is 0 Å². The van der Waals surface area contributed by atoms with Crippen molar-refractivity contribution in [1.82, 2.24) is 0 Å². The van der Waals surface area contributed by atoms with Crippen molar-refractivity contribution in [3.8, 4) is 6.07 Å². The number of thiophene rings is 1. The van der Waals surface area contributed by atoms with E-state index in [9.17, 15) is 4.79 Å². The van der Waals surface area contributed by atoms with Crippen LogP contribution in [0.5, 0.6) is 0 Å². The highest BCUT2D eigenvalue weighted by atomic mass is 32.1. The topological polar surface area (TPSA) is 78.9 Å². The van der Waals surface area contributed by atoms with E-state index in [1.165, 1.54) is 11.3 Å². The second-order valence-electron chi connectivity index (χ2n) is 4.07. The van der Waals surface area contributed by atoms with E-state index in [2.05, 4.69) is 11.4 Å². The summed E-state index contributed by atoms with van der Waals surface area (Å²) in [6.45, 7) is 6.16. The van der Waals surface area contributed by atoms with E-state index >= 15 is 0 Å². The Hall–Kier alpha value is -1.38. The SMILES string of the molecule is Cc1sc(NC(=O)C(C)CCN)c(C#N)c1C. The molecule has 0 saturated carbocycles. The molecule has 0 fully saturated rings. The van der Waals surface area contributed by atoms with Crippen LogP contribution in [0.2, 0.25) is 0 Å². The Kier molecular flexibility index (Phi) is 4.67. The third-order valence-corrected chi connectivity index (χ3v) is 3.90. The van der Waals surface area contributed by atoms with Crippen LogP contribution in [0.25, 0.3) is 0 Å². The number of nitriles is 1. The number of carbonyl (C=O) groups is 1. The van der Waals surface area contributed by atoms with Crippen LogP contribution in [0, 0.1) is 31.1 Å². The Morgan fingerprint density at radius 3 is 2.76 bits per heavy atom. The Labute approximate surface area is 105 Å². The van der Waals surface area contributed by atoms with Gasteiger partial charge in [-0.1, -0.05) is 6.92 Å². The molecule has 0 aromatic carbocycles. The van der Waals surface area contributed by atoms with Gasteiger partial charge in [-0.2, -0.15) is 5.26 Å². The molecule has 0 bridgehead atoms. The van der Waals surface area contributed by atoms with E-state index in [-0.39, 0.29) is 11.8 Å². The van der Waals surface area contributed by atoms with Crippen LogP contribution < -0.4 is 11.1 Å². The lowest BCUT2D eigenvalue weighted by molar-refractivity contribution is -0.119. The average Bonchev–Trinajstić information content (AvgIpc) is 2.54. The number of nitrogens with one attached hydrogen (secondary N) is 1. The summed E-state index contributed by atoms with van der Waals surface area (Å²) < 4.78 is 0. The van der Waals surface area contributed by atoms with Gasteiger partial charge in [0.25, 0.3) is 0 Å². The molecule has 1 atom stereocenters. The Balaban J connectivity index is 2.86. The van der Waals surface area contributed by atoms with E-state index in [0.29, 0.717) is 23.5 Å². The Morgan fingerprint density at radius 2 is 2.24 bits per heavy atom. The monoisotopic (exact) mass is 251 g/mol. The van der Waals surface area contributed by atoms with Crippen LogP contribution >= 0.6 is 11.3 Å².